The van der Waals surface area contributed by atoms with Gasteiger partial charge in [0.15, 0.2) is 5.96 Å². The van der Waals surface area contributed by atoms with Gasteiger partial charge in [-0.2, -0.15) is 0 Å². The fourth-order valence-corrected chi connectivity index (χ4v) is 3.69. The van der Waals surface area contributed by atoms with Gasteiger partial charge in [-0.05, 0) is 50.2 Å². The quantitative estimate of drug-likeness (QED) is 0.562. The van der Waals surface area contributed by atoms with Gasteiger partial charge in [-0.3, -0.25) is 4.79 Å². The van der Waals surface area contributed by atoms with Crippen LogP contribution >= 0.6 is 0 Å². The standard InChI is InChI=1S/C20H30N4O2/c1-2-21-20(23-17-7-9-18(25)10-8-17)22-13-19(26)24-12-11-15-5-3-4-6-16(15)14-24/h3-6,17-18,25H,2,7-14H2,1H3,(H2,21,22,23). The van der Waals surface area contributed by atoms with E-state index in [1.54, 1.807) is 0 Å². The molecular formula is C20H30N4O2. The minimum Gasteiger partial charge on any atom is -0.393 e. The van der Waals surface area contributed by atoms with Crippen molar-refractivity contribution in [3.05, 3.63) is 35.4 Å². The maximum absolute atomic E-state index is 12.6. The molecular weight excluding hydrogens is 328 g/mol. The van der Waals surface area contributed by atoms with Crippen LogP contribution in [-0.4, -0.2) is 53.7 Å². The molecule has 1 fully saturated rings. The number of carbonyl (C=O) groups excluding carboxylic acids is 1. The Morgan fingerprint density at radius 2 is 1.96 bits per heavy atom. The number of nitrogens with zero attached hydrogens (tertiary/aromatic N) is 2. The molecule has 1 saturated carbocycles. The van der Waals surface area contributed by atoms with E-state index in [0.717, 1.165) is 45.2 Å². The summed E-state index contributed by atoms with van der Waals surface area (Å²) < 4.78 is 0. The zero-order valence-corrected chi connectivity index (χ0v) is 15.6. The fourth-order valence-electron chi connectivity index (χ4n) is 3.69. The maximum atomic E-state index is 12.6. The van der Waals surface area contributed by atoms with E-state index < -0.39 is 0 Å². The minimum atomic E-state index is -0.170. The molecule has 1 aromatic carbocycles. The summed E-state index contributed by atoms with van der Waals surface area (Å²) in [5.41, 5.74) is 2.58. The molecule has 26 heavy (non-hydrogen) atoms. The number of aliphatic hydroxyl groups excluding tert-OH is 1. The summed E-state index contributed by atoms with van der Waals surface area (Å²) in [4.78, 5) is 19.0. The Labute approximate surface area is 155 Å². The Morgan fingerprint density at radius 1 is 1.23 bits per heavy atom. The van der Waals surface area contributed by atoms with Crippen LogP contribution in [0, 0.1) is 0 Å². The molecule has 0 atom stereocenters. The highest BCUT2D eigenvalue weighted by Crippen LogP contribution is 2.19. The molecule has 142 valence electrons. The summed E-state index contributed by atoms with van der Waals surface area (Å²) >= 11 is 0. The first-order valence-corrected chi connectivity index (χ1v) is 9.73. The van der Waals surface area contributed by atoms with Crippen LogP contribution in [0.15, 0.2) is 29.3 Å². The van der Waals surface area contributed by atoms with Gasteiger partial charge in [-0.15, -0.1) is 0 Å². The molecule has 1 aromatic rings. The van der Waals surface area contributed by atoms with E-state index in [0.29, 0.717) is 18.5 Å². The molecule has 3 rings (SSSR count). The number of aliphatic hydroxyl groups is 1. The van der Waals surface area contributed by atoms with Gasteiger partial charge in [0.05, 0.1) is 6.10 Å². The summed E-state index contributed by atoms with van der Waals surface area (Å²) in [7, 11) is 0. The second-order valence-corrected chi connectivity index (χ2v) is 7.18. The Hall–Kier alpha value is -2.08. The summed E-state index contributed by atoms with van der Waals surface area (Å²) in [5, 5.41) is 16.3. The number of benzene rings is 1. The molecule has 1 heterocycles. The number of hydrogen-bond acceptors (Lipinski definition) is 3. The second kappa shape index (κ2) is 9.03. The van der Waals surface area contributed by atoms with Crippen molar-refractivity contribution >= 4 is 11.9 Å². The van der Waals surface area contributed by atoms with Crippen LogP contribution in [0.3, 0.4) is 0 Å². The molecule has 0 aromatic heterocycles. The molecule has 0 unspecified atom stereocenters. The summed E-state index contributed by atoms with van der Waals surface area (Å²) in [6.45, 7) is 4.37. The normalized spacial score (nSPS) is 23.3. The third-order valence-corrected chi connectivity index (χ3v) is 5.24. The monoisotopic (exact) mass is 358 g/mol. The topological polar surface area (TPSA) is 77.0 Å². The molecule has 1 aliphatic heterocycles. The zero-order chi connectivity index (χ0) is 18.4. The van der Waals surface area contributed by atoms with Crippen LogP contribution in [0.4, 0.5) is 0 Å². The predicted molar refractivity (Wildman–Crippen MR) is 103 cm³/mol. The van der Waals surface area contributed by atoms with E-state index in [4.69, 9.17) is 0 Å². The van der Waals surface area contributed by atoms with Crippen molar-refractivity contribution in [2.24, 2.45) is 4.99 Å². The van der Waals surface area contributed by atoms with Gasteiger partial charge < -0.3 is 20.6 Å². The van der Waals surface area contributed by atoms with Gasteiger partial charge in [0.25, 0.3) is 0 Å². The molecule has 0 bridgehead atoms. The lowest BCUT2D eigenvalue weighted by Crippen LogP contribution is -2.46. The predicted octanol–water partition coefficient (Wildman–Crippen LogP) is 1.43. The molecule has 2 aliphatic rings. The number of rotatable bonds is 4. The van der Waals surface area contributed by atoms with Crippen molar-refractivity contribution < 1.29 is 9.90 Å². The van der Waals surface area contributed by atoms with Gasteiger partial charge >= 0.3 is 0 Å². The number of fused-ring (bicyclic) bond motifs is 1. The third kappa shape index (κ3) is 4.97. The highest BCUT2D eigenvalue weighted by Gasteiger charge is 2.22. The number of guanidine groups is 1. The first kappa shape index (κ1) is 18.7. The molecule has 0 saturated heterocycles. The van der Waals surface area contributed by atoms with E-state index in [1.165, 1.54) is 11.1 Å². The number of hydrogen-bond donors (Lipinski definition) is 3. The molecule has 0 spiro atoms. The molecule has 6 heteroatoms. The third-order valence-electron chi connectivity index (χ3n) is 5.24. The van der Waals surface area contributed by atoms with Gasteiger partial charge in [-0.25, -0.2) is 4.99 Å². The zero-order valence-electron chi connectivity index (χ0n) is 15.6. The lowest BCUT2D eigenvalue weighted by atomic mass is 9.93. The van der Waals surface area contributed by atoms with E-state index in [-0.39, 0.29) is 18.6 Å². The van der Waals surface area contributed by atoms with Crippen LogP contribution in [0.5, 0.6) is 0 Å². The van der Waals surface area contributed by atoms with Crippen LogP contribution in [0.25, 0.3) is 0 Å². The van der Waals surface area contributed by atoms with Gasteiger partial charge in [0, 0.05) is 25.7 Å². The van der Waals surface area contributed by atoms with Crippen LogP contribution in [0.2, 0.25) is 0 Å². The molecule has 0 radical (unpaired) electrons. The van der Waals surface area contributed by atoms with Crippen molar-refractivity contribution in [3.63, 3.8) is 0 Å². The van der Waals surface area contributed by atoms with Gasteiger partial charge in [0.1, 0.15) is 6.54 Å². The smallest absolute Gasteiger partial charge is 0.244 e. The lowest BCUT2D eigenvalue weighted by molar-refractivity contribution is -0.130. The first-order valence-electron chi connectivity index (χ1n) is 9.73. The van der Waals surface area contributed by atoms with Crippen molar-refractivity contribution in [2.75, 3.05) is 19.6 Å². The van der Waals surface area contributed by atoms with E-state index in [2.05, 4.69) is 33.8 Å². The Kier molecular flexibility index (Phi) is 6.50. The average molecular weight is 358 g/mol. The lowest BCUT2D eigenvalue weighted by Gasteiger charge is -2.29. The van der Waals surface area contributed by atoms with Gasteiger partial charge in [-0.1, -0.05) is 24.3 Å². The molecule has 3 N–H and O–H groups in total. The van der Waals surface area contributed by atoms with Crippen LogP contribution in [0.1, 0.15) is 43.7 Å². The SMILES string of the molecule is CCNC(=NCC(=O)N1CCc2ccccc2C1)NC1CCC(O)CC1. The van der Waals surface area contributed by atoms with Crippen molar-refractivity contribution in [1.29, 1.82) is 0 Å². The minimum absolute atomic E-state index is 0.0655. The van der Waals surface area contributed by atoms with Crippen molar-refractivity contribution in [2.45, 2.75) is 57.7 Å². The van der Waals surface area contributed by atoms with Crippen molar-refractivity contribution in [3.8, 4) is 0 Å². The first-order chi connectivity index (χ1) is 12.7. The average Bonchev–Trinajstić information content (AvgIpc) is 2.67. The van der Waals surface area contributed by atoms with Crippen LogP contribution in [-0.2, 0) is 17.8 Å². The number of nitrogens with one attached hydrogen (secondary N) is 2. The van der Waals surface area contributed by atoms with E-state index in [1.807, 2.05) is 17.9 Å². The van der Waals surface area contributed by atoms with E-state index >= 15 is 0 Å². The van der Waals surface area contributed by atoms with Gasteiger partial charge in [0.2, 0.25) is 5.91 Å². The fraction of sp³-hybridized carbons (Fsp3) is 0.600. The maximum Gasteiger partial charge on any atom is 0.244 e. The summed E-state index contributed by atoms with van der Waals surface area (Å²) in [6.07, 6.45) is 4.25. The second-order valence-electron chi connectivity index (χ2n) is 7.18. The molecule has 6 nitrogen and oxygen atoms in total. The molecule has 1 aliphatic carbocycles. The highest BCUT2D eigenvalue weighted by molar-refractivity contribution is 5.85. The Morgan fingerprint density at radius 3 is 2.69 bits per heavy atom. The molecule has 1 amide bonds. The largest absolute Gasteiger partial charge is 0.393 e. The highest BCUT2D eigenvalue weighted by atomic mass is 16.3. The van der Waals surface area contributed by atoms with E-state index in [9.17, 15) is 9.90 Å². The number of amides is 1. The summed E-state index contributed by atoms with van der Waals surface area (Å²) in [6, 6.07) is 8.64. The summed E-state index contributed by atoms with van der Waals surface area (Å²) in [5.74, 6) is 0.760. The Bertz CT molecular complexity index is 638. The number of aliphatic imine (C=N–C) groups is 1. The van der Waals surface area contributed by atoms with Crippen molar-refractivity contribution in [1.82, 2.24) is 15.5 Å². The van der Waals surface area contributed by atoms with Crippen LogP contribution < -0.4 is 10.6 Å². The number of carbonyl (C=O) groups is 1. The Balaban J connectivity index is 1.54.